The van der Waals surface area contributed by atoms with Crippen molar-refractivity contribution in [1.29, 1.82) is 0 Å². The first kappa shape index (κ1) is 11.9. The first-order valence-corrected chi connectivity index (χ1v) is 6.02. The van der Waals surface area contributed by atoms with Crippen LogP contribution in [0.2, 0.25) is 0 Å². The van der Waals surface area contributed by atoms with Crippen LogP contribution in [0, 0.1) is 17.3 Å². The number of carboxylic acids is 1. The molecule has 0 aromatic heterocycles. The van der Waals surface area contributed by atoms with Gasteiger partial charge in [-0.15, -0.1) is 0 Å². The number of carbonyl (C=O) groups is 1. The van der Waals surface area contributed by atoms with E-state index in [0.29, 0.717) is 5.92 Å². The summed E-state index contributed by atoms with van der Waals surface area (Å²) in [5.41, 5.74) is 0.128. The highest BCUT2D eigenvalue weighted by Crippen LogP contribution is 2.47. The minimum Gasteiger partial charge on any atom is -0.481 e. The molecule has 2 unspecified atom stereocenters. The van der Waals surface area contributed by atoms with E-state index in [2.05, 4.69) is 18.9 Å². The first-order chi connectivity index (χ1) is 7.54. The first-order valence-electron chi connectivity index (χ1n) is 6.02. The van der Waals surface area contributed by atoms with Crippen molar-refractivity contribution in [2.45, 2.75) is 19.8 Å². The standard InChI is InChI=1S/C12H21NO3/c1-9(5-11(14)15)12(7-16-8-12)10-3-4-13(2)6-10/h9-10H,3-8H2,1-2H3,(H,14,15). The SMILES string of the molecule is CC(CC(=O)O)C1(C2CCN(C)C2)COC1. The summed E-state index contributed by atoms with van der Waals surface area (Å²) in [7, 11) is 2.13. The molecule has 2 heterocycles. The zero-order valence-corrected chi connectivity index (χ0v) is 10.1. The smallest absolute Gasteiger partial charge is 0.303 e. The average Bonchev–Trinajstić information content (AvgIpc) is 2.48. The topological polar surface area (TPSA) is 49.8 Å². The maximum absolute atomic E-state index is 10.8. The molecule has 4 nitrogen and oxygen atoms in total. The number of nitrogens with zero attached hydrogens (tertiary/aromatic N) is 1. The minimum atomic E-state index is -0.690. The zero-order valence-electron chi connectivity index (χ0n) is 10.1. The van der Waals surface area contributed by atoms with Crippen LogP contribution in [0.25, 0.3) is 0 Å². The van der Waals surface area contributed by atoms with Gasteiger partial charge in [-0.3, -0.25) is 4.79 Å². The highest BCUT2D eigenvalue weighted by molar-refractivity contribution is 5.67. The Labute approximate surface area is 96.6 Å². The van der Waals surface area contributed by atoms with Crippen LogP contribution in [-0.2, 0) is 9.53 Å². The highest BCUT2D eigenvalue weighted by atomic mass is 16.5. The van der Waals surface area contributed by atoms with Gasteiger partial charge in [0.1, 0.15) is 0 Å². The van der Waals surface area contributed by atoms with Gasteiger partial charge >= 0.3 is 5.97 Å². The predicted molar refractivity (Wildman–Crippen MR) is 60.3 cm³/mol. The molecular weight excluding hydrogens is 206 g/mol. The Balaban J connectivity index is 2.04. The lowest BCUT2D eigenvalue weighted by Crippen LogP contribution is -2.53. The molecule has 2 fully saturated rings. The van der Waals surface area contributed by atoms with E-state index in [1.165, 1.54) is 6.42 Å². The molecule has 0 aromatic rings. The molecule has 0 aromatic carbocycles. The van der Waals surface area contributed by atoms with Crippen molar-refractivity contribution < 1.29 is 14.6 Å². The van der Waals surface area contributed by atoms with Crippen molar-refractivity contribution in [3.63, 3.8) is 0 Å². The molecule has 2 rings (SSSR count). The third-order valence-corrected chi connectivity index (χ3v) is 4.41. The second kappa shape index (κ2) is 4.34. The lowest BCUT2D eigenvalue weighted by Gasteiger charge is -2.50. The number of carboxylic acid groups (broad SMARTS) is 1. The number of aliphatic carboxylic acids is 1. The molecule has 2 aliphatic rings. The van der Waals surface area contributed by atoms with E-state index >= 15 is 0 Å². The van der Waals surface area contributed by atoms with Gasteiger partial charge in [0.2, 0.25) is 0 Å². The summed E-state index contributed by atoms with van der Waals surface area (Å²) in [6, 6.07) is 0. The van der Waals surface area contributed by atoms with Gasteiger partial charge < -0.3 is 14.7 Å². The van der Waals surface area contributed by atoms with Crippen molar-refractivity contribution in [3.8, 4) is 0 Å². The molecule has 2 aliphatic heterocycles. The van der Waals surface area contributed by atoms with Crippen LogP contribution in [0.3, 0.4) is 0 Å². The van der Waals surface area contributed by atoms with Crippen molar-refractivity contribution in [1.82, 2.24) is 4.90 Å². The molecule has 0 radical (unpaired) electrons. The van der Waals surface area contributed by atoms with Gasteiger partial charge in [0.25, 0.3) is 0 Å². The monoisotopic (exact) mass is 227 g/mol. The van der Waals surface area contributed by atoms with Gasteiger partial charge in [-0.05, 0) is 31.8 Å². The second-order valence-electron chi connectivity index (χ2n) is 5.47. The van der Waals surface area contributed by atoms with Crippen molar-refractivity contribution >= 4 is 5.97 Å². The van der Waals surface area contributed by atoms with Gasteiger partial charge in [-0.1, -0.05) is 6.92 Å². The summed E-state index contributed by atoms with van der Waals surface area (Å²) in [6.45, 7) is 5.79. The van der Waals surface area contributed by atoms with Crippen molar-refractivity contribution in [2.24, 2.45) is 17.3 Å². The molecule has 0 spiro atoms. The second-order valence-corrected chi connectivity index (χ2v) is 5.47. The maximum Gasteiger partial charge on any atom is 0.303 e. The van der Waals surface area contributed by atoms with Gasteiger partial charge in [0.15, 0.2) is 0 Å². The van der Waals surface area contributed by atoms with E-state index < -0.39 is 5.97 Å². The Morgan fingerprint density at radius 3 is 2.69 bits per heavy atom. The number of hydrogen-bond donors (Lipinski definition) is 1. The summed E-state index contributed by atoms with van der Waals surface area (Å²) >= 11 is 0. The molecule has 2 saturated heterocycles. The number of likely N-dealkylation sites (tertiary alicyclic amines) is 1. The van der Waals surface area contributed by atoms with Crippen LogP contribution in [0.15, 0.2) is 0 Å². The normalized spacial score (nSPS) is 31.0. The van der Waals surface area contributed by atoms with Crippen molar-refractivity contribution in [3.05, 3.63) is 0 Å². The minimum absolute atomic E-state index is 0.128. The van der Waals surface area contributed by atoms with Gasteiger partial charge in [-0.2, -0.15) is 0 Å². The Hall–Kier alpha value is -0.610. The quantitative estimate of drug-likeness (QED) is 0.780. The zero-order chi connectivity index (χ0) is 11.8. The number of hydrogen-bond acceptors (Lipinski definition) is 3. The van der Waals surface area contributed by atoms with Crippen LogP contribution in [0.5, 0.6) is 0 Å². The molecule has 4 heteroatoms. The Morgan fingerprint density at radius 1 is 1.62 bits per heavy atom. The van der Waals surface area contributed by atoms with Crippen LogP contribution in [-0.4, -0.2) is 49.3 Å². The van der Waals surface area contributed by atoms with E-state index in [9.17, 15) is 4.79 Å². The predicted octanol–water partition coefficient (Wildman–Crippen LogP) is 1.07. The fourth-order valence-electron chi connectivity index (χ4n) is 3.13. The van der Waals surface area contributed by atoms with Crippen LogP contribution >= 0.6 is 0 Å². The van der Waals surface area contributed by atoms with E-state index in [4.69, 9.17) is 9.84 Å². The van der Waals surface area contributed by atoms with Crippen molar-refractivity contribution in [2.75, 3.05) is 33.4 Å². The van der Waals surface area contributed by atoms with E-state index in [-0.39, 0.29) is 17.8 Å². The molecule has 0 amide bonds. The lowest BCUT2D eigenvalue weighted by molar-refractivity contribution is -0.178. The van der Waals surface area contributed by atoms with E-state index in [1.807, 2.05) is 0 Å². The summed E-state index contributed by atoms with van der Waals surface area (Å²) in [4.78, 5) is 13.2. The van der Waals surface area contributed by atoms with Crippen LogP contribution < -0.4 is 0 Å². The molecule has 0 aliphatic carbocycles. The van der Waals surface area contributed by atoms with E-state index in [0.717, 1.165) is 26.3 Å². The van der Waals surface area contributed by atoms with Gasteiger partial charge in [-0.25, -0.2) is 0 Å². The van der Waals surface area contributed by atoms with Crippen LogP contribution in [0.1, 0.15) is 19.8 Å². The Morgan fingerprint density at radius 2 is 2.31 bits per heavy atom. The van der Waals surface area contributed by atoms with E-state index in [1.54, 1.807) is 0 Å². The molecule has 0 saturated carbocycles. The number of rotatable bonds is 4. The summed E-state index contributed by atoms with van der Waals surface area (Å²) in [5.74, 6) is 0.140. The summed E-state index contributed by atoms with van der Waals surface area (Å²) < 4.78 is 5.38. The molecule has 0 bridgehead atoms. The molecular formula is C12H21NO3. The van der Waals surface area contributed by atoms with Gasteiger partial charge in [0.05, 0.1) is 13.2 Å². The lowest BCUT2D eigenvalue weighted by atomic mass is 9.64. The fraction of sp³-hybridized carbons (Fsp3) is 0.917. The fourth-order valence-corrected chi connectivity index (χ4v) is 3.13. The number of ether oxygens (including phenoxy) is 1. The molecule has 2 atom stereocenters. The van der Waals surface area contributed by atoms with Crippen LogP contribution in [0.4, 0.5) is 0 Å². The average molecular weight is 227 g/mol. The molecule has 16 heavy (non-hydrogen) atoms. The Kier molecular flexibility index (Phi) is 3.22. The maximum atomic E-state index is 10.8. The molecule has 1 N–H and O–H groups in total. The third kappa shape index (κ3) is 1.96. The largest absolute Gasteiger partial charge is 0.481 e. The summed E-state index contributed by atoms with van der Waals surface area (Å²) in [5, 5.41) is 8.91. The molecule has 92 valence electrons. The highest BCUT2D eigenvalue weighted by Gasteiger charge is 2.51. The Bertz CT molecular complexity index is 275. The van der Waals surface area contributed by atoms with Gasteiger partial charge in [0, 0.05) is 18.4 Å². The summed E-state index contributed by atoms with van der Waals surface area (Å²) in [6.07, 6.45) is 1.45. The third-order valence-electron chi connectivity index (χ3n) is 4.41.